The Bertz CT molecular complexity index is 5360. The first-order valence-corrected chi connectivity index (χ1v) is 46.2. The van der Waals surface area contributed by atoms with E-state index in [-0.39, 0.29) is 74.2 Å². The van der Waals surface area contributed by atoms with E-state index in [2.05, 4.69) is 84.7 Å². The minimum absolute atomic E-state index is 0.0416. The summed E-state index contributed by atoms with van der Waals surface area (Å²) < 4.78 is 0. The predicted molar refractivity (Wildman–Crippen MR) is 506 cm³/mol. The molecule has 1 aliphatic heterocycles. The monoisotopic (exact) mass is 2020 g/mol. The van der Waals surface area contributed by atoms with Gasteiger partial charge in [-0.25, -0.2) is 4.79 Å². The van der Waals surface area contributed by atoms with Gasteiger partial charge in [0.05, 0.1) is 56.3 Å². The Morgan fingerprint density at radius 2 is 0.833 bits per heavy atom. The molecule has 786 valence electrons. The number of nitrogens with zero attached hydrogens (tertiary/aromatic N) is 1. The highest BCUT2D eigenvalue weighted by atomic mass is 16.4. The maximum Gasteiger partial charge on any atom is 0.328 e. The van der Waals surface area contributed by atoms with Gasteiger partial charge in [-0.05, 0) is 145 Å². The van der Waals surface area contributed by atoms with Crippen LogP contribution in [0.1, 0.15) is 141 Å². The maximum absolute atomic E-state index is 14.6. The lowest BCUT2D eigenvalue weighted by Gasteiger charge is -2.31. The molecule has 17 amide bonds. The van der Waals surface area contributed by atoms with E-state index in [1.807, 2.05) is 18.2 Å². The van der Waals surface area contributed by atoms with Gasteiger partial charge in [-0.2, -0.15) is 0 Å². The Morgan fingerprint density at radius 1 is 0.417 bits per heavy atom. The minimum atomic E-state index is -2.20. The van der Waals surface area contributed by atoms with Crippen molar-refractivity contribution in [2.45, 2.75) is 266 Å². The van der Waals surface area contributed by atoms with Gasteiger partial charge in [0.25, 0.3) is 0 Å². The van der Waals surface area contributed by atoms with Crippen molar-refractivity contribution < 1.29 is 152 Å². The molecule has 0 aliphatic carbocycles. The van der Waals surface area contributed by atoms with Crippen molar-refractivity contribution in [1.29, 1.82) is 0 Å². The van der Waals surface area contributed by atoms with Gasteiger partial charge in [-0.1, -0.05) is 93.1 Å². The molecule has 1 fully saturated rings. The van der Waals surface area contributed by atoms with Crippen LogP contribution in [0.3, 0.4) is 0 Å². The summed E-state index contributed by atoms with van der Waals surface area (Å²) in [4.78, 5) is 292. The smallest absolute Gasteiger partial charge is 0.328 e. The zero-order valence-corrected chi connectivity index (χ0v) is 80.0. The van der Waals surface area contributed by atoms with E-state index in [0.29, 0.717) is 24.0 Å². The number of benzene rings is 4. The number of unbranched alkanes of at least 4 members (excludes halogenated alkanes) is 1. The second-order valence-electron chi connectivity index (χ2n) is 35.0. The van der Waals surface area contributed by atoms with E-state index in [4.69, 9.17) is 17.2 Å². The van der Waals surface area contributed by atoms with Crippen LogP contribution in [-0.2, 0) is 126 Å². The van der Waals surface area contributed by atoms with E-state index in [1.54, 1.807) is 44.3 Å². The third kappa shape index (κ3) is 37.3. The van der Waals surface area contributed by atoms with Gasteiger partial charge in [0, 0.05) is 49.3 Å². The Kier molecular flexibility index (Phi) is 46.4. The number of nitrogens with one attached hydrogen (secondary N) is 16. The quantitative estimate of drug-likeness (QED) is 0.0161. The number of nitrogens with two attached hydrogens (primary N) is 3. The number of carbonyl (C=O) groups is 21. The molecule has 2 heterocycles. The summed E-state index contributed by atoms with van der Waals surface area (Å²) in [6.45, 7) is 7.32. The average Bonchev–Trinajstić information content (AvgIpc) is 1.44. The Labute approximate surface area is 824 Å². The van der Waals surface area contributed by atoms with Crippen LogP contribution < -0.4 is 97.0 Å². The van der Waals surface area contributed by atoms with Crippen LogP contribution in [0.2, 0.25) is 0 Å². The van der Waals surface area contributed by atoms with Gasteiger partial charge in [0.2, 0.25) is 100 Å². The molecule has 32 N–H and O–H groups in total. The highest BCUT2D eigenvalue weighted by molar-refractivity contribution is 6.03. The third-order valence-electron chi connectivity index (χ3n) is 23.3. The van der Waals surface area contributed by atoms with Crippen LogP contribution in [0.4, 0.5) is 0 Å². The van der Waals surface area contributed by atoms with Crippen molar-refractivity contribution in [3.8, 4) is 11.5 Å². The van der Waals surface area contributed by atoms with Gasteiger partial charge in [-0.15, -0.1) is 0 Å². The number of amides is 17. The molecule has 1 aliphatic rings. The van der Waals surface area contributed by atoms with E-state index < -0.39 is 303 Å². The van der Waals surface area contributed by atoms with Crippen LogP contribution in [0.25, 0.3) is 10.9 Å². The molecule has 4 aromatic carbocycles. The number of para-hydroxylation sites is 1. The second kappa shape index (κ2) is 56.9. The number of rotatable bonds is 59. The normalized spacial score (nSPS) is 16.4. The molecule has 0 bridgehead atoms. The molecule has 0 unspecified atom stereocenters. The van der Waals surface area contributed by atoms with E-state index in [9.17, 15) is 152 Å². The highest BCUT2D eigenvalue weighted by Crippen LogP contribution is 2.24. The number of carbonyl (C=O) groups excluding carboxylic acids is 17. The van der Waals surface area contributed by atoms with Crippen LogP contribution in [0.5, 0.6) is 11.5 Å². The number of carboxylic acids is 4. The summed E-state index contributed by atoms with van der Waals surface area (Å²) in [5.74, 6) is -28.1. The summed E-state index contributed by atoms with van der Waals surface area (Å²) in [6, 6.07) is -3.71. The Hall–Kier alpha value is -15.3. The first-order valence-electron chi connectivity index (χ1n) is 46.2. The number of carboxylic acid groups (broad SMARTS) is 4. The molecule has 144 heavy (non-hydrogen) atoms. The van der Waals surface area contributed by atoms with Crippen LogP contribution in [-0.4, -0.2) is 326 Å². The van der Waals surface area contributed by atoms with Crippen LogP contribution in [0.15, 0.2) is 109 Å². The molecule has 1 aromatic heterocycles. The lowest BCUT2D eigenvalue weighted by atomic mass is 9.96. The Morgan fingerprint density at radius 3 is 1.33 bits per heavy atom. The molecular weight excluding hydrogens is 1890 g/mol. The zero-order chi connectivity index (χ0) is 107. The number of aliphatic hydroxyl groups is 4. The zero-order valence-electron chi connectivity index (χ0n) is 80.0. The van der Waals surface area contributed by atoms with Gasteiger partial charge < -0.3 is 158 Å². The number of aromatic amines is 1. The number of H-pyrrole nitrogens is 1. The molecule has 0 spiro atoms. The molecular formula is C93H128N20O31. The molecule has 6 rings (SSSR count). The summed E-state index contributed by atoms with van der Waals surface area (Å²) in [7, 11) is 0. The number of fused-ring (bicyclic) bond motifs is 1. The third-order valence-corrected chi connectivity index (χ3v) is 23.3. The molecule has 51 nitrogen and oxygen atoms in total. The molecule has 1 saturated heterocycles. The van der Waals surface area contributed by atoms with Crippen molar-refractivity contribution >= 4 is 135 Å². The molecule has 5 aromatic rings. The fraction of sp³-hybridized carbons (Fsp3) is 0.495. The van der Waals surface area contributed by atoms with E-state index in [1.165, 1.54) is 60.7 Å². The average molecular weight is 2020 g/mol. The SMILES string of the molecule is CC[C@H](C)[C@H](NC(=O)[C@@H](N)Cc1c[nH]c2ccccc12)C(=O)N[C@@H](CC(N)=O)C(=O)N[C@H](C(=O)N[C@@H](Cc1ccc(O)cc1)C(=O)N[C@H](C(=O)NCC(=O)N[C@@H](CCC(=O)O)C(=O)N1CCC[C@H]1C(=O)N[C@H](C(=O)N[C@@H](Cc1ccc(O)cc1)C(=O)N[C@@H](C)C(=O)N[C@@H](CC(=O)O)C(=O)N[C@@H](CC(=O)O)C(=O)N[C@@H](Cc1ccccc1)C(=O)N[C@@H](CCCCN)C(=O)N[C@H](C(=O)O)[C@@H](C)O)[C@@H](C)O)[C@@H](C)O)[C@@H](C)O. The van der Waals surface area contributed by atoms with Gasteiger partial charge >= 0.3 is 23.9 Å². The van der Waals surface area contributed by atoms with E-state index in [0.717, 1.165) is 50.4 Å². The number of aliphatic carboxylic acids is 4. The summed E-state index contributed by atoms with van der Waals surface area (Å²) >= 11 is 0. The molecule has 51 heteroatoms. The van der Waals surface area contributed by atoms with Crippen molar-refractivity contribution in [1.82, 2.24) is 89.6 Å². The molecule has 0 saturated carbocycles. The number of hydrogen-bond acceptors (Lipinski definition) is 29. The fourth-order valence-corrected chi connectivity index (χ4v) is 15.2. The molecule has 0 radical (unpaired) electrons. The number of phenolic OH excluding ortho intramolecular Hbond substituents is 2. The maximum atomic E-state index is 14.6. The van der Waals surface area contributed by atoms with Crippen molar-refractivity contribution in [2.75, 3.05) is 19.6 Å². The number of phenols is 2. The topological polar surface area (TPSA) is 838 Å². The standard InChI is InChI=1S/C93H128N20O31/c1-8-44(2)73(108-79(129)57(95)38-53-42-97-58-20-13-12-19-56(53)58)89(139)107-64(39-68(96)120)86(136)110-75(47(5)115)90(140)106-63(37-52-25-29-55(119)30-26-52)85(135)109-74(46(4)114)88(138)98-43-69(121)100-60(31-32-70(122)123)92(142)113-34-16-22-67(113)87(137)111-76(48(6)116)91(141)105-61(36-51-23-27-54(118)28-24-51)81(131)99-45(3)78(128)102-65(40-71(124)125)83(133)104-66(41-72(126)127)84(134)103-62(35-50-17-10-9-11-18-50)82(132)101-59(21-14-15-33-94)80(130)112-77(49(7)117)93(143)144/h9-13,17-20,23-30,42,44-49,57,59-67,73-77,97,114-119H,8,14-16,21-22,31-41,43,94-95H2,1-7H3,(H2,96,120)(H,98,138)(H,99,131)(H,100,121)(H,101,132)(H,102,128)(H,103,134)(H,104,133)(H,105,141)(H,106,140)(H,107,139)(H,108,129)(H,109,135)(H,110,136)(H,111,137)(H,112,130)(H,122,123)(H,124,125)(H,126,127)(H,143,144)/t44-,45-,46+,47+,48+,49+,57-,59-,60-,61-,62-,63-,64-,65-,66-,67-,73-,74-,75-,76-,77-/m0/s1. The van der Waals surface area contributed by atoms with Gasteiger partial charge in [-0.3, -0.25) is 95.9 Å². The van der Waals surface area contributed by atoms with E-state index >= 15 is 0 Å². The number of aromatic nitrogens is 1. The number of likely N-dealkylation sites (tertiary alicyclic amines) is 1. The first kappa shape index (κ1) is 117. The minimum Gasteiger partial charge on any atom is -0.508 e. The summed E-state index contributed by atoms with van der Waals surface area (Å²) in [5, 5.41) is 138. The lowest BCUT2D eigenvalue weighted by Crippen LogP contribution is -2.63. The largest absolute Gasteiger partial charge is 0.508 e. The molecule has 21 atom stereocenters. The predicted octanol–water partition coefficient (Wildman–Crippen LogP) is -7.44. The van der Waals surface area contributed by atoms with Crippen molar-refractivity contribution in [3.05, 3.63) is 132 Å². The summed E-state index contributed by atoms with van der Waals surface area (Å²) in [6.07, 6.45) is -11.2. The number of primary amides is 1. The first-order chi connectivity index (χ1) is 67.9. The highest BCUT2D eigenvalue weighted by Gasteiger charge is 2.44. The number of aromatic hydroxyl groups is 2. The van der Waals surface area contributed by atoms with Crippen molar-refractivity contribution in [2.24, 2.45) is 23.1 Å². The summed E-state index contributed by atoms with van der Waals surface area (Å²) in [5.41, 5.74) is 19.8. The second-order valence-corrected chi connectivity index (χ2v) is 35.0. The van der Waals surface area contributed by atoms with Crippen LogP contribution >= 0.6 is 0 Å². The van der Waals surface area contributed by atoms with Gasteiger partial charge in [0.15, 0.2) is 6.04 Å². The van der Waals surface area contributed by atoms with Crippen molar-refractivity contribution in [3.63, 3.8) is 0 Å². The number of aliphatic hydroxyl groups excluding tert-OH is 4. The lowest BCUT2D eigenvalue weighted by molar-refractivity contribution is -0.145. The Balaban J connectivity index is 1.13. The fourth-order valence-electron chi connectivity index (χ4n) is 15.2. The number of hydrogen-bond donors (Lipinski definition) is 29. The van der Waals surface area contributed by atoms with Crippen LogP contribution in [0, 0.1) is 5.92 Å². The van der Waals surface area contributed by atoms with Gasteiger partial charge in [0.1, 0.15) is 96.1 Å².